The Kier molecular flexibility index (Phi) is 3.51. The maximum atomic E-state index is 12.5. The number of aromatic nitrogens is 4. The van der Waals surface area contributed by atoms with Gasteiger partial charge in [-0.15, -0.1) is 5.10 Å². The van der Waals surface area contributed by atoms with E-state index < -0.39 is 0 Å². The van der Waals surface area contributed by atoms with Crippen LogP contribution in [0.3, 0.4) is 0 Å². The van der Waals surface area contributed by atoms with Crippen molar-refractivity contribution in [2.75, 3.05) is 6.54 Å². The van der Waals surface area contributed by atoms with E-state index in [9.17, 15) is 4.79 Å². The summed E-state index contributed by atoms with van der Waals surface area (Å²) in [4.78, 5) is 18.8. The fraction of sp³-hybridized carbons (Fsp3) is 0.235. The average molecular weight is 307 g/mol. The highest BCUT2D eigenvalue weighted by molar-refractivity contribution is 5.27. The van der Waals surface area contributed by atoms with E-state index in [1.807, 2.05) is 18.2 Å². The number of nitrogens with zero attached hydrogens (tertiary/aromatic N) is 5. The first-order valence-corrected chi connectivity index (χ1v) is 7.67. The van der Waals surface area contributed by atoms with Gasteiger partial charge in [-0.1, -0.05) is 30.3 Å². The number of hydrogen-bond acceptors (Lipinski definition) is 4. The highest BCUT2D eigenvalue weighted by Gasteiger charge is 2.22. The predicted octanol–water partition coefficient (Wildman–Crippen LogP) is 1.44. The number of hydrogen-bond donors (Lipinski definition) is 0. The SMILES string of the molecule is O=c1n(-c2ccncc2)nc2n1CCN(Cc1ccccc1)C2. The molecule has 0 aliphatic carbocycles. The molecule has 3 heterocycles. The lowest BCUT2D eigenvalue weighted by Gasteiger charge is -2.26. The van der Waals surface area contributed by atoms with Crippen LogP contribution in [0.4, 0.5) is 0 Å². The van der Waals surface area contributed by atoms with Gasteiger partial charge in [0.05, 0.1) is 12.2 Å². The molecule has 0 saturated carbocycles. The lowest BCUT2D eigenvalue weighted by Crippen LogP contribution is -2.37. The fourth-order valence-electron chi connectivity index (χ4n) is 2.93. The van der Waals surface area contributed by atoms with E-state index in [1.54, 1.807) is 29.1 Å². The summed E-state index contributed by atoms with van der Waals surface area (Å²) in [6.45, 7) is 3.08. The Morgan fingerprint density at radius 2 is 1.78 bits per heavy atom. The van der Waals surface area contributed by atoms with Crippen LogP contribution in [0.25, 0.3) is 5.69 Å². The molecule has 2 aromatic heterocycles. The highest BCUT2D eigenvalue weighted by Crippen LogP contribution is 2.13. The summed E-state index contributed by atoms with van der Waals surface area (Å²) in [6.07, 6.45) is 3.34. The van der Waals surface area contributed by atoms with Gasteiger partial charge in [-0.2, -0.15) is 4.68 Å². The normalized spacial score (nSPS) is 14.6. The van der Waals surface area contributed by atoms with E-state index in [4.69, 9.17) is 0 Å². The monoisotopic (exact) mass is 307 g/mol. The topological polar surface area (TPSA) is 56.0 Å². The van der Waals surface area contributed by atoms with Crippen molar-refractivity contribution in [2.24, 2.45) is 0 Å². The molecule has 0 unspecified atom stereocenters. The quantitative estimate of drug-likeness (QED) is 0.735. The van der Waals surface area contributed by atoms with Crippen LogP contribution >= 0.6 is 0 Å². The molecule has 0 amide bonds. The zero-order chi connectivity index (χ0) is 15.6. The van der Waals surface area contributed by atoms with Crippen LogP contribution < -0.4 is 5.69 Å². The van der Waals surface area contributed by atoms with Gasteiger partial charge in [-0.3, -0.25) is 14.5 Å². The molecule has 4 rings (SSSR count). The molecule has 3 aromatic rings. The lowest BCUT2D eigenvalue weighted by molar-refractivity contribution is 0.207. The van der Waals surface area contributed by atoms with Crippen molar-refractivity contribution >= 4 is 0 Å². The zero-order valence-corrected chi connectivity index (χ0v) is 12.7. The van der Waals surface area contributed by atoms with E-state index in [1.165, 1.54) is 10.2 Å². The zero-order valence-electron chi connectivity index (χ0n) is 12.7. The molecule has 0 fully saturated rings. The molecule has 0 N–H and O–H groups in total. The smallest absolute Gasteiger partial charge is 0.290 e. The Balaban J connectivity index is 1.60. The molecule has 0 atom stereocenters. The third-order valence-corrected chi connectivity index (χ3v) is 4.10. The largest absolute Gasteiger partial charge is 0.350 e. The van der Waals surface area contributed by atoms with Gasteiger partial charge in [0.1, 0.15) is 5.82 Å². The minimum atomic E-state index is -0.0782. The van der Waals surface area contributed by atoms with Crippen molar-refractivity contribution in [1.82, 2.24) is 24.2 Å². The minimum absolute atomic E-state index is 0.0782. The van der Waals surface area contributed by atoms with Crippen molar-refractivity contribution in [3.8, 4) is 5.69 Å². The standard InChI is InChI=1S/C17H17N5O/c23-17-21-11-10-20(12-14-4-2-1-3-5-14)13-16(21)19-22(17)15-6-8-18-9-7-15/h1-9H,10-13H2. The summed E-state index contributed by atoms with van der Waals surface area (Å²) in [6, 6.07) is 14.0. The van der Waals surface area contributed by atoms with Gasteiger partial charge in [0.15, 0.2) is 0 Å². The second-order valence-electron chi connectivity index (χ2n) is 5.66. The molecule has 6 nitrogen and oxygen atoms in total. The fourth-order valence-corrected chi connectivity index (χ4v) is 2.93. The maximum Gasteiger partial charge on any atom is 0.350 e. The summed E-state index contributed by atoms with van der Waals surface area (Å²) in [5, 5.41) is 4.51. The Bertz CT molecular complexity index is 854. The summed E-state index contributed by atoms with van der Waals surface area (Å²) < 4.78 is 3.23. The first-order chi connectivity index (χ1) is 11.3. The first-order valence-electron chi connectivity index (χ1n) is 7.67. The van der Waals surface area contributed by atoms with Crippen LogP contribution in [-0.2, 0) is 19.6 Å². The molecule has 1 aliphatic heterocycles. The summed E-state index contributed by atoms with van der Waals surface area (Å²) in [5.74, 6) is 0.814. The van der Waals surface area contributed by atoms with Crippen LogP contribution in [-0.4, -0.2) is 30.8 Å². The number of rotatable bonds is 3. The molecule has 0 bridgehead atoms. The predicted molar refractivity (Wildman–Crippen MR) is 86.2 cm³/mol. The summed E-state index contributed by atoms with van der Waals surface area (Å²) in [7, 11) is 0. The number of pyridine rings is 1. The third kappa shape index (κ3) is 2.68. The highest BCUT2D eigenvalue weighted by atomic mass is 16.2. The van der Waals surface area contributed by atoms with Crippen molar-refractivity contribution < 1.29 is 0 Å². The second kappa shape index (κ2) is 5.81. The van der Waals surface area contributed by atoms with E-state index in [2.05, 4.69) is 27.1 Å². The molecular formula is C17H17N5O. The number of benzene rings is 1. The van der Waals surface area contributed by atoms with Gasteiger partial charge in [0, 0.05) is 32.0 Å². The maximum absolute atomic E-state index is 12.5. The van der Waals surface area contributed by atoms with Crippen LogP contribution in [0.5, 0.6) is 0 Å². The van der Waals surface area contributed by atoms with Gasteiger partial charge >= 0.3 is 5.69 Å². The summed E-state index contributed by atoms with van der Waals surface area (Å²) in [5.41, 5.74) is 1.95. The van der Waals surface area contributed by atoms with Crippen LogP contribution in [0.15, 0.2) is 59.7 Å². The molecule has 1 aliphatic rings. The van der Waals surface area contributed by atoms with E-state index >= 15 is 0 Å². The van der Waals surface area contributed by atoms with Gasteiger partial charge in [-0.05, 0) is 17.7 Å². The molecule has 1 aromatic carbocycles. The Hall–Kier alpha value is -2.73. The molecule has 0 saturated heterocycles. The molecule has 0 spiro atoms. The summed E-state index contributed by atoms with van der Waals surface area (Å²) >= 11 is 0. The lowest BCUT2D eigenvalue weighted by atomic mass is 10.2. The van der Waals surface area contributed by atoms with Crippen molar-refractivity contribution in [2.45, 2.75) is 19.6 Å². The van der Waals surface area contributed by atoms with Gasteiger partial charge in [0.2, 0.25) is 0 Å². The Labute approximate surface area is 133 Å². The number of fused-ring (bicyclic) bond motifs is 1. The van der Waals surface area contributed by atoms with E-state index in [0.717, 1.165) is 24.6 Å². The van der Waals surface area contributed by atoms with E-state index in [-0.39, 0.29) is 5.69 Å². The van der Waals surface area contributed by atoms with Crippen LogP contribution in [0.1, 0.15) is 11.4 Å². The minimum Gasteiger partial charge on any atom is -0.290 e. The van der Waals surface area contributed by atoms with Crippen molar-refractivity contribution in [3.63, 3.8) is 0 Å². The second-order valence-corrected chi connectivity index (χ2v) is 5.66. The third-order valence-electron chi connectivity index (χ3n) is 4.10. The average Bonchev–Trinajstić information content (AvgIpc) is 2.93. The molecule has 23 heavy (non-hydrogen) atoms. The van der Waals surface area contributed by atoms with Crippen LogP contribution in [0.2, 0.25) is 0 Å². The Morgan fingerprint density at radius 3 is 2.57 bits per heavy atom. The Morgan fingerprint density at radius 1 is 1.00 bits per heavy atom. The van der Waals surface area contributed by atoms with Crippen molar-refractivity contribution in [3.05, 3.63) is 76.7 Å². The molecule has 6 heteroatoms. The van der Waals surface area contributed by atoms with E-state index in [0.29, 0.717) is 13.1 Å². The van der Waals surface area contributed by atoms with Gasteiger partial charge < -0.3 is 0 Å². The van der Waals surface area contributed by atoms with Gasteiger partial charge in [0.25, 0.3) is 0 Å². The van der Waals surface area contributed by atoms with Gasteiger partial charge in [-0.25, -0.2) is 4.79 Å². The van der Waals surface area contributed by atoms with Crippen LogP contribution in [0, 0.1) is 0 Å². The molecule has 0 radical (unpaired) electrons. The first kappa shape index (κ1) is 13.9. The molecular weight excluding hydrogens is 290 g/mol. The molecule has 116 valence electrons. The van der Waals surface area contributed by atoms with Crippen molar-refractivity contribution in [1.29, 1.82) is 0 Å².